The van der Waals surface area contributed by atoms with Crippen LogP contribution in [0, 0.1) is 5.92 Å². The average molecular weight is 322 g/mol. The lowest BCUT2D eigenvalue weighted by atomic mass is 9.86. The van der Waals surface area contributed by atoms with E-state index in [-0.39, 0.29) is 17.6 Å². The van der Waals surface area contributed by atoms with Gasteiger partial charge in [-0.3, -0.25) is 0 Å². The zero-order valence-electron chi connectivity index (χ0n) is 15.9. The minimum absolute atomic E-state index is 0.0370. The summed E-state index contributed by atoms with van der Waals surface area (Å²) in [5, 5.41) is 0. The van der Waals surface area contributed by atoms with Crippen molar-refractivity contribution in [1.29, 1.82) is 0 Å². The molecule has 132 valence electrons. The molecule has 0 amide bonds. The molecule has 1 atom stereocenters. The molecule has 3 heteroatoms. The topological polar surface area (TPSA) is 35.5 Å². The maximum absolute atomic E-state index is 10.5. The third-order valence-corrected chi connectivity index (χ3v) is 3.41. The molecule has 0 bridgehead atoms. The second-order valence-corrected chi connectivity index (χ2v) is 6.74. The molecule has 1 rings (SSSR count). The number of hydrogen-bond acceptors (Lipinski definition) is 3. The molecule has 0 saturated heterocycles. The van der Waals surface area contributed by atoms with Crippen molar-refractivity contribution >= 4 is 6.29 Å². The van der Waals surface area contributed by atoms with Crippen LogP contribution in [0.15, 0.2) is 24.3 Å². The molecule has 0 fully saturated rings. The van der Waals surface area contributed by atoms with Gasteiger partial charge in [0, 0.05) is 19.1 Å². The maximum atomic E-state index is 10.5. The van der Waals surface area contributed by atoms with Gasteiger partial charge in [0.2, 0.25) is 0 Å². The van der Waals surface area contributed by atoms with Gasteiger partial charge in [-0.05, 0) is 43.7 Å². The maximum Gasteiger partial charge on any atom is 0.154 e. The molecule has 0 radical (unpaired) electrons. The van der Waals surface area contributed by atoms with E-state index < -0.39 is 0 Å². The Morgan fingerprint density at radius 1 is 1.00 bits per heavy atom. The molecule has 0 aliphatic carbocycles. The molecular formula is C20H34O3. The van der Waals surface area contributed by atoms with Gasteiger partial charge in [-0.15, -0.1) is 0 Å². The van der Waals surface area contributed by atoms with Crippen molar-refractivity contribution in [3.63, 3.8) is 0 Å². The molecule has 1 aromatic rings. The van der Waals surface area contributed by atoms with Gasteiger partial charge in [-0.1, -0.05) is 52.0 Å². The minimum Gasteiger partial charge on any atom is -0.353 e. The third-order valence-electron chi connectivity index (χ3n) is 3.41. The van der Waals surface area contributed by atoms with E-state index in [0.29, 0.717) is 0 Å². The SMILES string of the molecule is CC(C=O)Cc1ccc(C(C)(C)C)cc1.CCOC(C)OCC. The number of benzene rings is 1. The molecule has 0 saturated carbocycles. The second kappa shape index (κ2) is 11.4. The predicted octanol–water partition coefficient (Wildman–Crippen LogP) is 4.77. The monoisotopic (exact) mass is 322 g/mol. The minimum atomic E-state index is -0.0370. The number of ether oxygens (including phenoxy) is 2. The number of hydrogen-bond donors (Lipinski definition) is 0. The predicted molar refractivity (Wildman–Crippen MR) is 96.8 cm³/mol. The Labute approximate surface area is 142 Å². The van der Waals surface area contributed by atoms with Crippen LogP contribution in [0.3, 0.4) is 0 Å². The molecule has 23 heavy (non-hydrogen) atoms. The van der Waals surface area contributed by atoms with Gasteiger partial charge in [-0.2, -0.15) is 0 Å². The Morgan fingerprint density at radius 3 is 1.83 bits per heavy atom. The molecule has 0 aromatic heterocycles. The van der Waals surface area contributed by atoms with E-state index in [0.717, 1.165) is 25.9 Å². The van der Waals surface area contributed by atoms with Crippen LogP contribution in [0.4, 0.5) is 0 Å². The first-order chi connectivity index (χ1) is 10.7. The normalized spacial score (nSPS) is 12.5. The zero-order chi connectivity index (χ0) is 17.9. The van der Waals surface area contributed by atoms with E-state index in [1.807, 2.05) is 27.7 Å². The zero-order valence-corrected chi connectivity index (χ0v) is 15.9. The van der Waals surface area contributed by atoms with Crippen LogP contribution in [0.25, 0.3) is 0 Å². The number of rotatable bonds is 7. The highest BCUT2D eigenvalue weighted by atomic mass is 16.7. The van der Waals surface area contributed by atoms with E-state index >= 15 is 0 Å². The van der Waals surface area contributed by atoms with Gasteiger partial charge < -0.3 is 14.3 Å². The average Bonchev–Trinajstić information content (AvgIpc) is 2.48. The molecule has 0 aliphatic heterocycles. The summed E-state index contributed by atoms with van der Waals surface area (Å²) in [6.45, 7) is 15.8. The molecule has 0 aliphatic rings. The molecular weight excluding hydrogens is 288 g/mol. The second-order valence-electron chi connectivity index (χ2n) is 6.74. The summed E-state index contributed by atoms with van der Waals surface area (Å²) in [4.78, 5) is 10.5. The van der Waals surface area contributed by atoms with Gasteiger partial charge in [0.25, 0.3) is 0 Å². The van der Waals surface area contributed by atoms with Crippen molar-refractivity contribution in [3.8, 4) is 0 Å². The van der Waals surface area contributed by atoms with Crippen LogP contribution in [-0.4, -0.2) is 25.8 Å². The summed E-state index contributed by atoms with van der Waals surface area (Å²) in [6, 6.07) is 8.57. The fourth-order valence-corrected chi connectivity index (χ4v) is 2.08. The van der Waals surface area contributed by atoms with Crippen molar-refractivity contribution < 1.29 is 14.3 Å². The van der Waals surface area contributed by atoms with Crippen molar-refractivity contribution in [3.05, 3.63) is 35.4 Å². The van der Waals surface area contributed by atoms with Gasteiger partial charge >= 0.3 is 0 Å². The van der Waals surface area contributed by atoms with E-state index in [1.54, 1.807) is 0 Å². The fraction of sp³-hybridized carbons (Fsp3) is 0.650. The summed E-state index contributed by atoms with van der Waals surface area (Å²) in [6.07, 6.45) is 1.82. The van der Waals surface area contributed by atoms with E-state index in [2.05, 4.69) is 45.0 Å². The summed E-state index contributed by atoms with van der Waals surface area (Å²) < 4.78 is 10.1. The lowest BCUT2D eigenvalue weighted by Gasteiger charge is -2.19. The first-order valence-corrected chi connectivity index (χ1v) is 8.52. The van der Waals surface area contributed by atoms with Crippen molar-refractivity contribution in [2.45, 2.75) is 66.6 Å². The highest BCUT2D eigenvalue weighted by Crippen LogP contribution is 2.22. The highest BCUT2D eigenvalue weighted by molar-refractivity contribution is 5.53. The molecule has 3 nitrogen and oxygen atoms in total. The standard InChI is InChI=1S/C14H20O.C6H14O2/c1-11(10-15)9-12-5-7-13(8-6-12)14(2,3)4;1-4-7-6(3)8-5-2/h5-8,10-11H,9H2,1-4H3;6H,4-5H2,1-3H3. The lowest BCUT2D eigenvalue weighted by Crippen LogP contribution is -2.11. The third kappa shape index (κ3) is 10.2. The van der Waals surface area contributed by atoms with Gasteiger partial charge in [0.15, 0.2) is 6.29 Å². The van der Waals surface area contributed by atoms with E-state index in [9.17, 15) is 4.79 Å². The summed E-state index contributed by atoms with van der Waals surface area (Å²) in [5.74, 6) is 0.116. The summed E-state index contributed by atoms with van der Waals surface area (Å²) in [7, 11) is 0. The molecule has 0 N–H and O–H groups in total. The highest BCUT2D eigenvalue weighted by Gasteiger charge is 2.13. The van der Waals surface area contributed by atoms with Crippen molar-refractivity contribution in [1.82, 2.24) is 0 Å². The molecule has 1 unspecified atom stereocenters. The Kier molecular flexibility index (Phi) is 10.8. The first-order valence-electron chi connectivity index (χ1n) is 8.52. The number of carbonyl (C=O) groups excluding carboxylic acids is 1. The number of carbonyl (C=O) groups is 1. The van der Waals surface area contributed by atoms with Crippen LogP contribution >= 0.6 is 0 Å². The van der Waals surface area contributed by atoms with Crippen LogP contribution in [0.2, 0.25) is 0 Å². The molecule has 0 heterocycles. The number of aldehydes is 1. The largest absolute Gasteiger partial charge is 0.353 e. The quantitative estimate of drug-likeness (QED) is 0.536. The van der Waals surface area contributed by atoms with Crippen LogP contribution in [0.1, 0.15) is 59.6 Å². The summed E-state index contributed by atoms with van der Waals surface area (Å²) >= 11 is 0. The Balaban J connectivity index is 0.000000515. The van der Waals surface area contributed by atoms with Crippen LogP contribution in [0.5, 0.6) is 0 Å². The Morgan fingerprint density at radius 2 is 1.48 bits per heavy atom. The Bertz CT molecular complexity index is 412. The van der Waals surface area contributed by atoms with Gasteiger partial charge in [0.1, 0.15) is 6.29 Å². The van der Waals surface area contributed by atoms with Crippen LogP contribution in [-0.2, 0) is 26.1 Å². The van der Waals surface area contributed by atoms with E-state index in [1.165, 1.54) is 11.1 Å². The molecule has 1 aromatic carbocycles. The first kappa shape index (κ1) is 21.8. The summed E-state index contributed by atoms with van der Waals surface area (Å²) in [5.41, 5.74) is 2.78. The van der Waals surface area contributed by atoms with Crippen LogP contribution < -0.4 is 0 Å². The van der Waals surface area contributed by atoms with Gasteiger partial charge in [0.05, 0.1) is 0 Å². The fourth-order valence-electron chi connectivity index (χ4n) is 2.08. The molecule has 0 spiro atoms. The van der Waals surface area contributed by atoms with Crippen molar-refractivity contribution in [2.24, 2.45) is 5.92 Å². The Hall–Kier alpha value is -1.19. The van der Waals surface area contributed by atoms with Crippen molar-refractivity contribution in [2.75, 3.05) is 13.2 Å². The van der Waals surface area contributed by atoms with Gasteiger partial charge in [-0.25, -0.2) is 0 Å². The lowest BCUT2D eigenvalue weighted by molar-refractivity contribution is -0.123. The smallest absolute Gasteiger partial charge is 0.154 e. The van der Waals surface area contributed by atoms with E-state index in [4.69, 9.17) is 9.47 Å².